The number of benzene rings is 1. The Balaban J connectivity index is 1.81. The minimum absolute atomic E-state index is 0.0276. The van der Waals surface area contributed by atoms with Gasteiger partial charge < -0.3 is 4.74 Å². The molecule has 0 spiro atoms. The smallest absolute Gasteiger partial charge is 0.314 e. The van der Waals surface area contributed by atoms with Crippen molar-refractivity contribution in [1.29, 1.82) is 0 Å². The summed E-state index contributed by atoms with van der Waals surface area (Å²) >= 11 is 0. The zero-order valence-corrected chi connectivity index (χ0v) is 16.4. The molecule has 1 aromatic rings. The maximum atomic E-state index is 12.6. The molecule has 2 heteroatoms. The predicted octanol–water partition coefficient (Wildman–Crippen LogP) is 6.57. The van der Waals surface area contributed by atoms with E-state index in [2.05, 4.69) is 32.9 Å². The first-order valence-corrected chi connectivity index (χ1v) is 10.4. The summed E-state index contributed by atoms with van der Waals surface area (Å²) in [4.78, 5) is 12.6. The number of unbranched alkanes of at least 4 members (excludes halogenated alkanes) is 3. The number of ether oxygens (including phenoxy) is 1. The predicted molar refractivity (Wildman–Crippen MR) is 105 cm³/mol. The number of carbonyl (C=O) groups excluding carboxylic acids is 1. The lowest BCUT2D eigenvalue weighted by Crippen LogP contribution is -2.32. The van der Waals surface area contributed by atoms with E-state index >= 15 is 0 Å². The van der Waals surface area contributed by atoms with Crippen molar-refractivity contribution < 1.29 is 9.53 Å². The number of aryl methyl sites for hydroxylation is 1. The first kappa shape index (κ1) is 20.0. The van der Waals surface area contributed by atoms with Gasteiger partial charge in [0.05, 0.1) is 5.92 Å². The van der Waals surface area contributed by atoms with Gasteiger partial charge in [-0.3, -0.25) is 4.79 Å². The molecule has 3 atom stereocenters. The Morgan fingerprint density at radius 1 is 1.04 bits per heavy atom. The molecule has 1 aliphatic rings. The normalized spacial score (nSPS) is 23.4. The summed E-state index contributed by atoms with van der Waals surface area (Å²) in [6, 6.07) is 8.11. The molecule has 1 aromatic carbocycles. The fourth-order valence-electron chi connectivity index (χ4n) is 4.11. The highest BCUT2D eigenvalue weighted by Gasteiger charge is 2.33. The van der Waals surface area contributed by atoms with Gasteiger partial charge in [0, 0.05) is 0 Å². The van der Waals surface area contributed by atoms with Crippen LogP contribution < -0.4 is 4.74 Å². The second-order valence-corrected chi connectivity index (χ2v) is 7.93. The van der Waals surface area contributed by atoms with Gasteiger partial charge in [-0.2, -0.15) is 0 Å². The largest absolute Gasteiger partial charge is 0.426 e. The molecular weight excluding hydrogens is 308 g/mol. The quantitative estimate of drug-likeness (QED) is 0.288. The molecule has 0 bridgehead atoms. The molecule has 25 heavy (non-hydrogen) atoms. The number of esters is 1. The average molecular weight is 345 g/mol. The molecule has 0 amide bonds. The lowest BCUT2D eigenvalue weighted by molar-refractivity contribution is -0.142. The highest BCUT2D eigenvalue weighted by molar-refractivity contribution is 5.75. The van der Waals surface area contributed by atoms with Crippen molar-refractivity contribution in [2.24, 2.45) is 17.8 Å². The van der Waals surface area contributed by atoms with Gasteiger partial charge in [-0.05, 0) is 61.6 Å². The van der Waals surface area contributed by atoms with Crippen LogP contribution in [0.3, 0.4) is 0 Å². The molecule has 0 radical (unpaired) electrons. The zero-order chi connectivity index (χ0) is 18.1. The minimum atomic E-state index is -0.0276. The third-order valence-corrected chi connectivity index (χ3v) is 5.76. The molecule has 1 aliphatic carbocycles. The Kier molecular flexibility index (Phi) is 8.51. The number of rotatable bonds is 9. The average Bonchev–Trinajstić information content (AvgIpc) is 2.61. The van der Waals surface area contributed by atoms with Gasteiger partial charge in [0.15, 0.2) is 0 Å². The Morgan fingerprint density at radius 3 is 2.40 bits per heavy atom. The summed E-state index contributed by atoms with van der Waals surface area (Å²) in [5, 5.41) is 0. The monoisotopic (exact) mass is 344 g/mol. The van der Waals surface area contributed by atoms with Crippen LogP contribution in [-0.2, 0) is 11.2 Å². The van der Waals surface area contributed by atoms with E-state index in [0.29, 0.717) is 11.7 Å². The van der Waals surface area contributed by atoms with Gasteiger partial charge in [0.1, 0.15) is 5.75 Å². The van der Waals surface area contributed by atoms with Gasteiger partial charge in [0.2, 0.25) is 0 Å². The molecule has 0 N–H and O–H groups in total. The van der Waals surface area contributed by atoms with Crippen LogP contribution in [0.2, 0.25) is 0 Å². The van der Waals surface area contributed by atoms with Crippen LogP contribution in [-0.4, -0.2) is 5.97 Å². The second-order valence-electron chi connectivity index (χ2n) is 7.93. The molecule has 1 fully saturated rings. The van der Waals surface area contributed by atoms with Crippen LogP contribution in [0.15, 0.2) is 24.3 Å². The van der Waals surface area contributed by atoms with E-state index < -0.39 is 0 Å². The van der Waals surface area contributed by atoms with Gasteiger partial charge >= 0.3 is 5.97 Å². The van der Waals surface area contributed by atoms with E-state index in [4.69, 9.17) is 4.74 Å². The van der Waals surface area contributed by atoms with Crippen molar-refractivity contribution in [3.8, 4) is 5.75 Å². The first-order chi connectivity index (χ1) is 12.1. The maximum absolute atomic E-state index is 12.6. The fourth-order valence-corrected chi connectivity index (χ4v) is 4.11. The van der Waals surface area contributed by atoms with Crippen LogP contribution in [0.1, 0.15) is 84.1 Å². The fraction of sp³-hybridized carbons (Fsp3) is 0.696. The molecule has 0 aromatic heterocycles. The highest BCUT2D eigenvalue weighted by atomic mass is 16.5. The summed E-state index contributed by atoms with van der Waals surface area (Å²) in [6.07, 6.45) is 12.1. The van der Waals surface area contributed by atoms with Crippen molar-refractivity contribution in [2.45, 2.75) is 85.0 Å². The van der Waals surface area contributed by atoms with E-state index in [1.165, 1.54) is 56.9 Å². The molecule has 2 nitrogen and oxygen atoms in total. The Hall–Kier alpha value is -1.31. The number of carbonyl (C=O) groups is 1. The zero-order valence-electron chi connectivity index (χ0n) is 16.4. The lowest BCUT2D eigenvalue weighted by Gasteiger charge is -2.32. The molecule has 0 saturated heterocycles. The first-order valence-electron chi connectivity index (χ1n) is 10.4. The summed E-state index contributed by atoms with van der Waals surface area (Å²) in [7, 11) is 0. The summed E-state index contributed by atoms with van der Waals surface area (Å²) in [6.45, 7) is 6.70. The standard InChI is InChI=1S/C23H36O2/c1-4-6-8-10-19-11-14-21(15-12-19)25-23(24)22-16-13-20(9-7-5-2)17-18(22)3/h11-12,14-15,18,20,22H,4-10,13,16-17H2,1-3H3/t18-,20+,22-/m1/s1. The van der Waals surface area contributed by atoms with E-state index in [1.807, 2.05) is 12.1 Å². The van der Waals surface area contributed by atoms with Crippen molar-refractivity contribution in [2.75, 3.05) is 0 Å². The number of hydrogen-bond acceptors (Lipinski definition) is 2. The van der Waals surface area contributed by atoms with Crippen LogP contribution in [0.5, 0.6) is 5.75 Å². The molecular formula is C23H36O2. The Morgan fingerprint density at radius 2 is 1.76 bits per heavy atom. The third-order valence-electron chi connectivity index (χ3n) is 5.76. The van der Waals surface area contributed by atoms with Crippen molar-refractivity contribution in [3.05, 3.63) is 29.8 Å². The molecule has 1 saturated carbocycles. The van der Waals surface area contributed by atoms with E-state index in [1.54, 1.807) is 0 Å². The van der Waals surface area contributed by atoms with Gasteiger partial charge in [-0.1, -0.05) is 65.0 Å². The van der Waals surface area contributed by atoms with Gasteiger partial charge in [-0.25, -0.2) is 0 Å². The Labute approximate surface area is 154 Å². The van der Waals surface area contributed by atoms with Crippen LogP contribution in [0.4, 0.5) is 0 Å². The van der Waals surface area contributed by atoms with Crippen molar-refractivity contribution >= 4 is 5.97 Å². The molecule has 140 valence electrons. The molecule has 0 heterocycles. The van der Waals surface area contributed by atoms with E-state index in [0.717, 1.165) is 18.8 Å². The maximum Gasteiger partial charge on any atom is 0.314 e. The number of hydrogen-bond donors (Lipinski definition) is 0. The van der Waals surface area contributed by atoms with Crippen LogP contribution in [0, 0.1) is 17.8 Å². The van der Waals surface area contributed by atoms with E-state index in [9.17, 15) is 4.79 Å². The van der Waals surface area contributed by atoms with Crippen molar-refractivity contribution in [1.82, 2.24) is 0 Å². The summed E-state index contributed by atoms with van der Waals surface area (Å²) < 4.78 is 5.68. The lowest BCUT2D eigenvalue weighted by atomic mass is 9.73. The topological polar surface area (TPSA) is 26.3 Å². The SMILES string of the molecule is CCCCCc1ccc(OC(=O)[C@@H]2CC[C@H](CCCC)C[C@H]2C)cc1. The third kappa shape index (κ3) is 6.49. The van der Waals surface area contributed by atoms with E-state index in [-0.39, 0.29) is 11.9 Å². The van der Waals surface area contributed by atoms with Crippen LogP contribution >= 0.6 is 0 Å². The molecule has 0 aliphatic heterocycles. The van der Waals surface area contributed by atoms with Crippen molar-refractivity contribution in [3.63, 3.8) is 0 Å². The highest BCUT2D eigenvalue weighted by Crippen LogP contribution is 2.37. The molecule has 0 unspecified atom stereocenters. The Bertz CT molecular complexity index is 505. The molecule has 2 rings (SSSR count). The second kappa shape index (κ2) is 10.6. The van der Waals surface area contributed by atoms with Gasteiger partial charge in [-0.15, -0.1) is 0 Å². The summed E-state index contributed by atoms with van der Waals surface area (Å²) in [5.74, 6) is 1.99. The van der Waals surface area contributed by atoms with Crippen LogP contribution in [0.25, 0.3) is 0 Å². The van der Waals surface area contributed by atoms with Gasteiger partial charge in [0.25, 0.3) is 0 Å². The minimum Gasteiger partial charge on any atom is -0.426 e. The summed E-state index contributed by atoms with van der Waals surface area (Å²) in [5.41, 5.74) is 1.33.